The van der Waals surface area contributed by atoms with Crippen LogP contribution in [-0.4, -0.2) is 34.2 Å². The highest BCUT2D eigenvalue weighted by Gasteiger charge is 2.18. The van der Waals surface area contributed by atoms with Gasteiger partial charge < -0.3 is 16.4 Å². The maximum Gasteiger partial charge on any atom is 0.243 e. The van der Waals surface area contributed by atoms with Gasteiger partial charge in [-0.05, 0) is 38.0 Å². The van der Waals surface area contributed by atoms with Crippen molar-refractivity contribution in [3.63, 3.8) is 0 Å². The number of para-hydroxylation sites is 2. The third-order valence-corrected chi connectivity index (χ3v) is 3.86. The first kappa shape index (κ1) is 18.7. The van der Waals surface area contributed by atoms with Crippen molar-refractivity contribution in [3.8, 4) is 5.69 Å². The summed E-state index contributed by atoms with van der Waals surface area (Å²) in [5.74, 6) is -0.648. The zero-order valence-electron chi connectivity index (χ0n) is 15.0. The molecule has 2 rings (SSSR count). The van der Waals surface area contributed by atoms with Gasteiger partial charge in [0.2, 0.25) is 11.8 Å². The van der Waals surface area contributed by atoms with Crippen LogP contribution in [0.25, 0.3) is 5.69 Å². The van der Waals surface area contributed by atoms with E-state index in [4.69, 9.17) is 5.73 Å². The number of carbonyl (C=O) groups excluding carboxylic acids is 2. The van der Waals surface area contributed by atoms with Crippen LogP contribution in [0.15, 0.2) is 30.3 Å². The molecule has 0 aliphatic rings. The summed E-state index contributed by atoms with van der Waals surface area (Å²) in [5.41, 5.74) is 9.02. The van der Waals surface area contributed by atoms with Crippen molar-refractivity contribution in [2.45, 2.75) is 33.7 Å². The number of carbonyl (C=O) groups is 2. The first-order valence-electron chi connectivity index (χ1n) is 8.25. The number of hydrogen-bond donors (Lipinski definition) is 3. The molecule has 7 nitrogen and oxygen atoms in total. The summed E-state index contributed by atoms with van der Waals surface area (Å²) in [6, 6.07) is 8.72. The second-order valence-corrected chi connectivity index (χ2v) is 6.39. The lowest BCUT2D eigenvalue weighted by atomic mass is 10.1. The molecule has 1 atom stereocenters. The highest BCUT2D eigenvalue weighted by Crippen LogP contribution is 2.21. The fraction of sp³-hybridized carbons (Fsp3) is 0.389. The molecular weight excluding hydrogens is 318 g/mol. The van der Waals surface area contributed by atoms with Crippen molar-refractivity contribution in [1.82, 2.24) is 15.1 Å². The lowest BCUT2D eigenvalue weighted by Crippen LogP contribution is -2.46. The quantitative estimate of drug-likeness (QED) is 0.740. The Labute approximate surface area is 147 Å². The Hall–Kier alpha value is -2.67. The van der Waals surface area contributed by atoms with Gasteiger partial charge in [0.05, 0.1) is 29.7 Å². The second-order valence-electron chi connectivity index (χ2n) is 6.39. The second kappa shape index (κ2) is 7.94. The van der Waals surface area contributed by atoms with E-state index in [2.05, 4.69) is 15.7 Å². The summed E-state index contributed by atoms with van der Waals surface area (Å²) >= 11 is 0. The van der Waals surface area contributed by atoms with Gasteiger partial charge in [0, 0.05) is 5.69 Å². The third-order valence-electron chi connectivity index (χ3n) is 3.86. The fourth-order valence-corrected chi connectivity index (χ4v) is 2.42. The van der Waals surface area contributed by atoms with Gasteiger partial charge >= 0.3 is 0 Å². The Morgan fingerprint density at radius 2 is 1.92 bits per heavy atom. The van der Waals surface area contributed by atoms with Crippen LogP contribution < -0.4 is 16.4 Å². The number of nitrogens with two attached hydrogens (primary N) is 1. The Kier molecular flexibility index (Phi) is 5.93. The molecule has 134 valence electrons. The summed E-state index contributed by atoms with van der Waals surface area (Å²) in [5, 5.41) is 9.82. The summed E-state index contributed by atoms with van der Waals surface area (Å²) in [4.78, 5) is 24.0. The van der Waals surface area contributed by atoms with E-state index >= 15 is 0 Å². The molecule has 0 bridgehead atoms. The number of nitrogens with one attached hydrogen (secondary N) is 2. The Bertz CT molecular complexity index is 767. The molecule has 1 aromatic carbocycles. The van der Waals surface area contributed by atoms with Gasteiger partial charge in [0.25, 0.3) is 0 Å². The maximum atomic E-state index is 12.2. The van der Waals surface area contributed by atoms with Crippen LogP contribution in [-0.2, 0) is 9.59 Å². The average molecular weight is 343 g/mol. The highest BCUT2D eigenvalue weighted by atomic mass is 16.2. The number of rotatable bonds is 6. The monoisotopic (exact) mass is 343 g/mol. The van der Waals surface area contributed by atoms with Gasteiger partial charge in [-0.25, -0.2) is 4.68 Å². The summed E-state index contributed by atoms with van der Waals surface area (Å²) in [7, 11) is 0. The van der Waals surface area contributed by atoms with Gasteiger partial charge in [-0.15, -0.1) is 0 Å². The minimum atomic E-state index is -0.630. The van der Waals surface area contributed by atoms with E-state index in [0.717, 1.165) is 17.1 Å². The van der Waals surface area contributed by atoms with Crippen molar-refractivity contribution >= 4 is 17.5 Å². The van der Waals surface area contributed by atoms with E-state index < -0.39 is 6.04 Å². The molecular formula is C18H25N5O2. The van der Waals surface area contributed by atoms with E-state index in [1.807, 2.05) is 52.0 Å². The molecule has 1 aromatic heterocycles. The number of nitrogens with zero attached hydrogens (tertiary/aromatic N) is 2. The molecule has 25 heavy (non-hydrogen) atoms. The SMILES string of the molecule is Cc1cc(C)n(-c2ccccc2NC(=O)CNC(=O)[C@@H](N)C(C)C)n1. The average Bonchev–Trinajstić information content (AvgIpc) is 2.90. The molecule has 0 spiro atoms. The number of aryl methyl sites for hydroxylation is 2. The zero-order chi connectivity index (χ0) is 18.6. The lowest BCUT2D eigenvalue weighted by Gasteiger charge is -2.16. The molecule has 0 aliphatic carbocycles. The summed E-state index contributed by atoms with van der Waals surface area (Å²) in [6.07, 6.45) is 0. The number of aromatic nitrogens is 2. The normalized spacial score (nSPS) is 12.1. The van der Waals surface area contributed by atoms with E-state index in [-0.39, 0.29) is 24.3 Å². The van der Waals surface area contributed by atoms with Crippen LogP contribution in [0.4, 0.5) is 5.69 Å². The molecule has 2 aromatic rings. The van der Waals surface area contributed by atoms with Crippen LogP contribution in [0.3, 0.4) is 0 Å². The standard InChI is InChI=1S/C18H25N5O2/c1-11(2)17(19)18(25)20-10-16(24)21-14-7-5-6-8-15(14)23-13(4)9-12(3)22-23/h5-9,11,17H,10,19H2,1-4H3,(H,20,25)(H,21,24)/t17-/m0/s1. The minimum Gasteiger partial charge on any atom is -0.346 e. The highest BCUT2D eigenvalue weighted by molar-refractivity contribution is 5.96. The Morgan fingerprint density at radius 3 is 2.52 bits per heavy atom. The molecule has 0 saturated carbocycles. The minimum absolute atomic E-state index is 0.00909. The van der Waals surface area contributed by atoms with Gasteiger partial charge in [0.1, 0.15) is 0 Å². The third kappa shape index (κ3) is 4.67. The van der Waals surface area contributed by atoms with E-state index in [1.165, 1.54) is 0 Å². The van der Waals surface area contributed by atoms with Gasteiger partial charge in [0.15, 0.2) is 0 Å². The van der Waals surface area contributed by atoms with Gasteiger partial charge in [-0.1, -0.05) is 26.0 Å². The smallest absolute Gasteiger partial charge is 0.243 e. The van der Waals surface area contributed by atoms with Crippen LogP contribution in [0.2, 0.25) is 0 Å². The zero-order valence-corrected chi connectivity index (χ0v) is 15.0. The van der Waals surface area contributed by atoms with E-state index in [0.29, 0.717) is 5.69 Å². The maximum absolute atomic E-state index is 12.2. The Morgan fingerprint density at radius 1 is 1.24 bits per heavy atom. The molecule has 0 unspecified atom stereocenters. The first-order valence-corrected chi connectivity index (χ1v) is 8.25. The molecule has 0 aliphatic heterocycles. The first-order chi connectivity index (χ1) is 11.8. The van der Waals surface area contributed by atoms with Crippen molar-refractivity contribution in [3.05, 3.63) is 41.7 Å². The van der Waals surface area contributed by atoms with Gasteiger partial charge in [-0.2, -0.15) is 5.10 Å². The van der Waals surface area contributed by atoms with Gasteiger partial charge in [-0.3, -0.25) is 9.59 Å². The van der Waals surface area contributed by atoms with E-state index in [1.54, 1.807) is 10.7 Å². The largest absolute Gasteiger partial charge is 0.346 e. The molecule has 2 amide bonds. The van der Waals surface area contributed by atoms with Crippen molar-refractivity contribution in [1.29, 1.82) is 0 Å². The van der Waals surface area contributed by atoms with Crippen LogP contribution in [0.5, 0.6) is 0 Å². The number of hydrogen-bond acceptors (Lipinski definition) is 4. The van der Waals surface area contributed by atoms with Crippen molar-refractivity contribution in [2.24, 2.45) is 11.7 Å². The number of amides is 2. The molecule has 0 radical (unpaired) electrons. The predicted molar refractivity (Wildman–Crippen MR) is 97.5 cm³/mol. The van der Waals surface area contributed by atoms with Crippen molar-refractivity contribution < 1.29 is 9.59 Å². The van der Waals surface area contributed by atoms with Crippen LogP contribution in [0.1, 0.15) is 25.2 Å². The molecule has 7 heteroatoms. The molecule has 0 fully saturated rings. The predicted octanol–water partition coefficient (Wildman–Crippen LogP) is 1.53. The van der Waals surface area contributed by atoms with Crippen molar-refractivity contribution in [2.75, 3.05) is 11.9 Å². The lowest BCUT2D eigenvalue weighted by molar-refractivity contribution is -0.125. The molecule has 4 N–H and O–H groups in total. The topological polar surface area (TPSA) is 102 Å². The molecule has 1 heterocycles. The molecule has 0 saturated heterocycles. The van der Waals surface area contributed by atoms with Crippen LogP contribution in [0, 0.1) is 19.8 Å². The Balaban J connectivity index is 2.07. The number of anilines is 1. The fourth-order valence-electron chi connectivity index (χ4n) is 2.42. The number of benzene rings is 1. The van der Waals surface area contributed by atoms with E-state index in [9.17, 15) is 9.59 Å². The summed E-state index contributed by atoms with van der Waals surface area (Å²) < 4.78 is 1.78. The summed E-state index contributed by atoms with van der Waals surface area (Å²) in [6.45, 7) is 7.44. The van der Waals surface area contributed by atoms with Crippen LogP contribution >= 0.6 is 0 Å².